The number of hydrogen-bond donors (Lipinski definition) is 2. The first-order valence-electron chi connectivity index (χ1n) is 3.65. The second-order valence-electron chi connectivity index (χ2n) is 2.34. The molecule has 0 saturated carbocycles. The highest BCUT2D eigenvalue weighted by atomic mass is 16.4. The first-order chi connectivity index (χ1) is 5.79. The third kappa shape index (κ3) is 3.01. The van der Waals surface area contributed by atoms with Gasteiger partial charge in [0.15, 0.2) is 0 Å². The number of nitrogens with zero attached hydrogens (tertiary/aromatic N) is 1. The summed E-state index contributed by atoms with van der Waals surface area (Å²) in [5.41, 5.74) is 1.03. The fourth-order valence-corrected chi connectivity index (χ4v) is 0.860. The van der Waals surface area contributed by atoms with Gasteiger partial charge in [0.2, 0.25) is 0 Å². The van der Waals surface area contributed by atoms with Gasteiger partial charge in [-0.3, -0.25) is 4.98 Å². The molecule has 0 radical (unpaired) electrons. The first kappa shape index (κ1) is 8.52. The SMILES string of the molecule is O=C(O)NCCc1cccnc1. The third-order valence-electron chi connectivity index (χ3n) is 1.41. The maximum atomic E-state index is 10.1. The maximum absolute atomic E-state index is 10.1. The van der Waals surface area contributed by atoms with E-state index in [1.165, 1.54) is 0 Å². The van der Waals surface area contributed by atoms with Crippen LogP contribution in [0.1, 0.15) is 5.56 Å². The van der Waals surface area contributed by atoms with Gasteiger partial charge in [0, 0.05) is 18.9 Å². The molecule has 0 bridgehead atoms. The van der Waals surface area contributed by atoms with Gasteiger partial charge in [0.1, 0.15) is 0 Å². The first-order valence-corrected chi connectivity index (χ1v) is 3.65. The van der Waals surface area contributed by atoms with Crippen molar-refractivity contribution in [1.82, 2.24) is 10.3 Å². The Morgan fingerprint density at radius 3 is 3.08 bits per heavy atom. The molecule has 64 valence electrons. The largest absolute Gasteiger partial charge is 0.465 e. The minimum absolute atomic E-state index is 0.432. The Morgan fingerprint density at radius 1 is 1.67 bits per heavy atom. The van der Waals surface area contributed by atoms with Gasteiger partial charge in [-0.25, -0.2) is 4.79 Å². The van der Waals surface area contributed by atoms with Gasteiger partial charge in [0.25, 0.3) is 0 Å². The van der Waals surface area contributed by atoms with Gasteiger partial charge < -0.3 is 10.4 Å². The van der Waals surface area contributed by atoms with Crippen molar-refractivity contribution in [2.24, 2.45) is 0 Å². The quantitative estimate of drug-likeness (QED) is 0.701. The van der Waals surface area contributed by atoms with Gasteiger partial charge in [-0.1, -0.05) is 6.07 Å². The summed E-state index contributed by atoms with van der Waals surface area (Å²) < 4.78 is 0. The summed E-state index contributed by atoms with van der Waals surface area (Å²) >= 11 is 0. The van der Waals surface area contributed by atoms with E-state index >= 15 is 0 Å². The van der Waals surface area contributed by atoms with Crippen LogP contribution in [0, 0.1) is 0 Å². The lowest BCUT2D eigenvalue weighted by molar-refractivity contribution is 0.194. The summed E-state index contributed by atoms with van der Waals surface area (Å²) in [6.07, 6.45) is 3.11. The number of carboxylic acid groups (broad SMARTS) is 1. The summed E-state index contributed by atoms with van der Waals surface area (Å²) in [7, 11) is 0. The zero-order valence-electron chi connectivity index (χ0n) is 6.53. The number of hydrogen-bond acceptors (Lipinski definition) is 2. The van der Waals surface area contributed by atoms with E-state index in [2.05, 4.69) is 10.3 Å². The molecule has 1 aromatic heterocycles. The van der Waals surface area contributed by atoms with Crippen LogP contribution in [0.3, 0.4) is 0 Å². The predicted octanol–water partition coefficient (Wildman–Crippen LogP) is 0.892. The molecule has 1 heterocycles. The molecule has 1 amide bonds. The van der Waals surface area contributed by atoms with Crippen molar-refractivity contribution in [3.8, 4) is 0 Å². The fraction of sp³-hybridized carbons (Fsp3) is 0.250. The van der Waals surface area contributed by atoms with E-state index in [1.54, 1.807) is 12.4 Å². The van der Waals surface area contributed by atoms with Crippen LogP contribution >= 0.6 is 0 Å². The standard InChI is InChI=1S/C8H10N2O2/c11-8(12)10-5-3-7-2-1-4-9-6-7/h1-2,4,6,10H,3,5H2,(H,11,12). The number of amides is 1. The van der Waals surface area contributed by atoms with Gasteiger partial charge >= 0.3 is 6.09 Å². The van der Waals surface area contributed by atoms with Crippen molar-refractivity contribution in [2.75, 3.05) is 6.54 Å². The molecule has 4 nitrogen and oxygen atoms in total. The Labute approximate surface area is 70.3 Å². The molecule has 0 aliphatic carbocycles. The van der Waals surface area contributed by atoms with Crippen molar-refractivity contribution in [3.63, 3.8) is 0 Å². The molecule has 4 heteroatoms. The molecule has 0 fully saturated rings. The van der Waals surface area contributed by atoms with E-state index in [0.717, 1.165) is 5.56 Å². The van der Waals surface area contributed by atoms with Crippen molar-refractivity contribution in [3.05, 3.63) is 30.1 Å². The molecule has 0 aliphatic rings. The van der Waals surface area contributed by atoms with Gasteiger partial charge in [0.05, 0.1) is 0 Å². The van der Waals surface area contributed by atoms with Crippen LogP contribution in [0.5, 0.6) is 0 Å². The molecule has 12 heavy (non-hydrogen) atoms. The van der Waals surface area contributed by atoms with Crippen molar-refractivity contribution < 1.29 is 9.90 Å². The van der Waals surface area contributed by atoms with Crippen LogP contribution < -0.4 is 5.32 Å². The van der Waals surface area contributed by atoms with Crippen LogP contribution in [-0.4, -0.2) is 22.7 Å². The fourth-order valence-electron chi connectivity index (χ4n) is 0.860. The zero-order valence-corrected chi connectivity index (χ0v) is 6.53. The van der Waals surface area contributed by atoms with Gasteiger partial charge in [-0.2, -0.15) is 0 Å². The molecule has 0 unspecified atom stereocenters. The minimum Gasteiger partial charge on any atom is -0.465 e. The number of aromatic nitrogens is 1. The van der Waals surface area contributed by atoms with Crippen molar-refractivity contribution in [2.45, 2.75) is 6.42 Å². The average Bonchev–Trinajstić information content (AvgIpc) is 2.05. The van der Waals surface area contributed by atoms with Crippen LogP contribution in [0.25, 0.3) is 0 Å². The van der Waals surface area contributed by atoms with E-state index in [-0.39, 0.29) is 0 Å². The normalized spacial score (nSPS) is 9.33. The van der Waals surface area contributed by atoms with Crippen LogP contribution in [0.2, 0.25) is 0 Å². The molecule has 0 aromatic carbocycles. The molecule has 2 N–H and O–H groups in total. The number of pyridine rings is 1. The van der Waals surface area contributed by atoms with E-state index < -0.39 is 6.09 Å². The molecule has 1 aromatic rings. The highest BCUT2D eigenvalue weighted by Crippen LogP contribution is 1.94. The summed E-state index contributed by atoms with van der Waals surface area (Å²) in [5, 5.41) is 10.5. The average molecular weight is 166 g/mol. The molecule has 1 rings (SSSR count). The number of carbonyl (C=O) groups is 1. The second kappa shape index (κ2) is 4.33. The van der Waals surface area contributed by atoms with Crippen LogP contribution in [0.4, 0.5) is 4.79 Å². The lowest BCUT2D eigenvalue weighted by Gasteiger charge is -1.99. The summed E-state index contributed by atoms with van der Waals surface area (Å²) in [4.78, 5) is 14.0. The van der Waals surface area contributed by atoms with E-state index in [0.29, 0.717) is 13.0 Å². The lowest BCUT2D eigenvalue weighted by Crippen LogP contribution is -2.23. The molecule has 0 spiro atoms. The third-order valence-corrected chi connectivity index (χ3v) is 1.41. The zero-order chi connectivity index (χ0) is 8.81. The Morgan fingerprint density at radius 2 is 2.50 bits per heavy atom. The van der Waals surface area contributed by atoms with Gasteiger partial charge in [-0.15, -0.1) is 0 Å². The molecule has 0 aliphatic heterocycles. The van der Waals surface area contributed by atoms with E-state index in [9.17, 15) is 4.79 Å². The molecular weight excluding hydrogens is 156 g/mol. The van der Waals surface area contributed by atoms with Crippen LogP contribution in [0.15, 0.2) is 24.5 Å². The Balaban J connectivity index is 2.29. The summed E-state index contributed by atoms with van der Waals surface area (Å²) in [6, 6.07) is 3.74. The van der Waals surface area contributed by atoms with Gasteiger partial charge in [-0.05, 0) is 18.1 Å². The van der Waals surface area contributed by atoms with E-state index in [1.807, 2.05) is 12.1 Å². The lowest BCUT2D eigenvalue weighted by atomic mass is 10.2. The monoisotopic (exact) mass is 166 g/mol. The van der Waals surface area contributed by atoms with E-state index in [4.69, 9.17) is 5.11 Å². The summed E-state index contributed by atoms with van der Waals surface area (Å²) in [6.45, 7) is 0.432. The molecular formula is C8H10N2O2. The number of nitrogens with one attached hydrogen (secondary N) is 1. The van der Waals surface area contributed by atoms with Crippen molar-refractivity contribution in [1.29, 1.82) is 0 Å². The highest BCUT2D eigenvalue weighted by molar-refractivity contribution is 5.64. The Hall–Kier alpha value is -1.58. The molecule has 0 atom stereocenters. The Bertz CT molecular complexity index is 248. The topological polar surface area (TPSA) is 62.2 Å². The van der Waals surface area contributed by atoms with Crippen molar-refractivity contribution >= 4 is 6.09 Å². The predicted molar refractivity (Wildman–Crippen MR) is 44.0 cm³/mol. The summed E-state index contributed by atoms with van der Waals surface area (Å²) in [5.74, 6) is 0. The Kier molecular flexibility index (Phi) is 3.07. The van der Waals surface area contributed by atoms with Crippen LogP contribution in [-0.2, 0) is 6.42 Å². The maximum Gasteiger partial charge on any atom is 0.404 e. The minimum atomic E-state index is -0.987. The number of rotatable bonds is 3. The highest BCUT2D eigenvalue weighted by Gasteiger charge is 1.94. The molecule has 0 saturated heterocycles. The smallest absolute Gasteiger partial charge is 0.404 e. The second-order valence-corrected chi connectivity index (χ2v) is 2.34.